The van der Waals surface area contributed by atoms with Crippen LogP contribution in [0.25, 0.3) is 0 Å². The predicted octanol–water partition coefficient (Wildman–Crippen LogP) is 1.68. The predicted molar refractivity (Wildman–Crippen MR) is 87.8 cm³/mol. The Bertz CT molecular complexity index is 781. The Balaban J connectivity index is 0.00000208. The maximum atomic E-state index is 12.6. The molecule has 1 fully saturated rings. The summed E-state index contributed by atoms with van der Waals surface area (Å²) < 4.78 is 0. The topological polar surface area (TPSA) is 105 Å². The van der Waals surface area contributed by atoms with Gasteiger partial charge < -0.3 is 11.1 Å². The molecule has 3 heterocycles. The van der Waals surface area contributed by atoms with Crippen LogP contribution in [0.5, 0.6) is 0 Å². The molecule has 23 heavy (non-hydrogen) atoms. The molecular weight excluding hydrogens is 290 g/mol. The molecule has 6 nitrogen and oxygen atoms in total. The van der Waals surface area contributed by atoms with Gasteiger partial charge in [-0.25, -0.2) is 9.97 Å². The minimum Gasteiger partial charge on any atom is -0.383 e. The number of nitrogens with zero attached hydrogens (tertiary/aromatic N) is 3. The second kappa shape index (κ2) is 6.15. The van der Waals surface area contributed by atoms with Gasteiger partial charge in [-0.3, -0.25) is 4.79 Å². The molecule has 2 aromatic heterocycles. The zero-order chi connectivity index (χ0) is 16.3. The normalized spacial score (nSPS) is 16.5. The van der Waals surface area contributed by atoms with Crippen molar-refractivity contribution in [1.29, 1.82) is 5.26 Å². The second-order valence-electron chi connectivity index (χ2n) is 5.62. The number of aromatic nitrogens is 2. The molecular formula is C17H19N5O. The van der Waals surface area contributed by atoms with Crippen molar-refractivity contribution in [3.8, 4) is 6.07 Å². The Hall–Kier alpha value is -2.78. The average molecular weight is 309 g/mol. The van der Waals surface area contributed by atoms with Crippen LogP contribution >= 0.6 is 0 Å². The molecule has 0 aliphatic carbocycles. The lowest BCUT2D eigenvalue weighted by Crippen LogP contribution is -2.39. The second-order valence-corrected chi connectivity index (χ2v) is 5.62. The van der Waals surface area contributed by atoms with E-state index < -0.39 is 5.41 Å². The zero-order valence-electron chi connectivity index (χ0n) is 12.6. The molecule has 1 aliphatic heterocycles. The maximum Gasteiger partial charge on any atom is 0.215 e. The average Bonchev–Trinajstić information content (AvgIpc) is 2.62. The fraction of sp³-hybridized carbons (Fsp3) is 0.294. The molecule has 1 saturated heterocycles. The summed E-state index contributed by atoms with van der Waals surface area (Å²) in [7, 11) is 0. The van der Waals surface area contributed by atoms with Gasteiger partial charge in [0.15, 0.2) is 0 Å². The molecule has 118 valence electrons. The van der Waals surface area contributed by atoms with Crippen molar-refractivity contribution >= 4 is 11.6 Å². The molecule has 1 aliphatic rings. The summed E-state index contributed by atoms with van der Waals surface area (Å²) in [5, 5.41) is 12.9. The highest BCUT2D eigenvalue weighted by molar-refractivity contribution is 6.10. The van der Waals surface area contributed by atoms with Gasteiger partial charge in [-0.2, -0.15) is 5.26 Å². The number of carbonyl (C=O) groups is 1. The Kier molecular flexibility index (Phi) is 4.04. The van der Waals surface area contributed by atoms with Crippen molar-refractivity contribution < 1.29 is 6.22 Å². The zero-order valence-corrected chi connectivity index (χ0v) is 12.6. The summed E-state index contributed by atoms with van der Waals surface area (Å²) >= 11 is 0. The molecule has 0 saturated carbocycles. The highest BCUT2D eigenvalue weighted by Gasteiger charge is 2.35. The van der Waals surface area contributed by atoms with Crippen molar-refractivity contribution in [3.05, 3.63) is 53.5 Å². The Morgan fingerprint density at radius 2 is 2.09 bits per heavy atom. The molecule has 0 aromatic carbocycles. The number of nitrogen functional groups attached to an aromatic ring is 1. The number of carbonyl (C=O) groups excluding carboxylic acids is 1. The van der Waals surface area contributed by atoms with Gasteiger partial charge >= 0.3 is 0 Å². The van der Waals surface area contributed by atoms with E-state index in [-0.39, 0.29) is 18.7 Å². The molecule has 6 heteroatoms. The van der Waals surface area contributed by atoms with Crippen LogP contribution in [0.2, 0.25) is 0 Å². The molecule has 3 N–H and O–H groups in total. The first kappa shape index (κ1) is 15.1. The summed E-state index contributed by atoms with van der Waals surface area (Å²) in [5.41, 5.74) is 6.40. The number of hydrogen-bond donors (Lipinski definition) is 2. The van der Waals surface area contributed by atoms with Crippen LogP contribution in [0.1, 0.15) is 36.0 Å². The fourth-order valence-corrected chi connectivity index (χ4v) is 2.85. The Morgan fingerprint density at radius 1 is 1.30 bits per heavy atom. The van der Waals surface area contributed by atoms with Crippen molar-refractivity contribution in [3.63, 3.8) is 0 Å². The van der Waals surface area contributed by atoms with E-state index in [1.54, 1.807) is 24.3 Å². The van der Waals surface area contributed by atoms with Crippen molar-refractivity contribution in [2.75, 3.05) is 18.8 Å². The quantitative estimate of drug-likeness (QED) is 0.836. The van der Waals surface area contributed by atoms with E-state index in [9.17, 15) is 10.1 Å². The molecule has 0 bridgehead atoms. The molecule has 0 spiro atoms. The van der Waals surface area contributed by atoms with Crippen LogP contribution in [-0.2, 0) is 5.41 Å². The van der Waals surface area contributed by atoms with Gasteiger partial charge in [0, 0.05) is 7.62 Å². The van der Waals surface area contributed by atoms with Gasteiger partial charge in [0.2, 0.25) is 5.78 Å². The number of nitrogens with one attached hydrogen (secondary N) is 1. The van der Waals surface area contributed by atoms with Gasteiger partial charge in [0.05, 0.1) is 17.3 Å². The lowest BCUT2D eigenvalue weighted by atomic mass is 9.77. The van der Waals surface area contributed by atoms with Gasteiger partial charge in [0.25, 0.3) is 0 Å². The van der Waals surface area contributed by atoms with Crippen LogP contribution in [0, 0.1) is 11.3 Å². The molecule has 2 aromatic rings. The lowest BCUT2D eigenvalue weighted by molar-refractivity contribution is 0.103. The monoisotopic (exact) mass is 309 g/mol. The summed E-state index contributed by atoms with van der Waals surface area (Å²) in [6, 6.07) is 10.9. The summed E-state index contributed by atoms with van der Waals surface area (Å²) in [6.07, 6.45) is 2.90. The number of ketones is 1. The van der Waals surface area contributed by atoms with E-state index in [4.69, 9.17) is 5.73 Å². The first-order valence-corrected chi connectivity index (χ1v) is 7.51. The maximum absolute atomic E-state index is 12.6. The molecule has 0 atom stereocenters. The fourth-order valence-electron chi connectivity index (χ4n) is 2.85. The van der Waals surface area contributed by atoms with E-state index in [2.05, 4.69) is 21.4 Å². The van der Waals surface area contributed by atoms with Crippen LogP contribution in [0.15, 0.2) is 36.5 Å². The highest BCUT2D eigenvalue weighted by Crippen LogP contribution is 2.31. The number of nitriles is 1. The SMILES string of the molecule is N#CC1(c2cccc(C(=O)c3cccnc3N)n2)CCNCC1.[HH]. The number of piperidine rings is 1. The third-order valence-corrected chi connectivity index (χ3v) is 4.23. The molecule has 0 radical (unpaired) electrons. The van der Waals surface area contributed by atoms with E-state index in [1.807, 2.05) is 6.07 Å². The third kappa shape index (κ3) is 2.79. The summed E-state index contributed by atoms with van der Waals surface area (Å²) in [4.78, 5) is 21.0. The first-order valence-electron chi connectivity index (χ1n) is 7.51. The van der Waals surface area contributed by atoms with Crippen molar-refractivity contribution in [1.82, 2.24) is 15.3 Å². The number of pyridine rings is 2. The summed E-state index contributed by atoms with van der Waals surface area (Å²) in [6.45, 7) is 1.53. The van der Waals surface area contributed by atoms with Crippen molar-refractivity contribution in [2.24, 2.45) is 0 Å². The standard InChI is InChI=1S/C17H17N5O.H2/c18-11-17(6-9-20-10-7-17)14-5-1-4-13(22-14)15(23)12-3-2-8-21-16(12)19;/h1-5,8,20H,6-7,9-10H2,(H2,19,21);1H. The molecule has 0 unspecified atom stereocenters. The van der Waals surface area contributed by atoms with Gasteiger partial charge in [-0.1, -0.05) is 6.07 Å². The van der Waals surface area contributed by atoms with E-state index >= 15 is 0 Å². The van der Waals surface area contributed by atoms with E-state index in [0.29, 0.717) is 24.1 Å². The molecule has 3 rings (SSSR count). The minimum absolute atomic E-state index is 0. The first-order chi connectivity index (χ1) is 11.2. The molecule has 0 amide bonds. The minimum atomic E-state index is -0.637. The van der Waals surface area contributed by atoms with E-state index in [0.717, 1.165) is 13.1 Å². The smallest absolute Gasteiger partial charge is 0.215 e. The van der Waals surface area contributed by atoms with Crippen LogP contribution in [0.3, 0.4) is 0 Å². The largest absolute Gasteiger partial charge is 0.383 e. The van der Waals surface area contributed by atoms with E-state index in [1.165, 1.54) is 6.20 Å². The van der Waals surface area contributed by atoms with Crippen molar-refractivity contribution in [2.45, 2.75) is 18.3 Å². The summed E-state index contributed by atoms with van der Waals surface area (Å²) in [5.74, 6) is -0.0963. The number of nitrogens with two attached hydrogens (primary N) is 1. The van der Waals surface area contributed by atoms with Crippen LogP contribution in [0.4, 0.5) is 5.82 Å². The number of hydrogen-bond acceptors (Lipinski definition) is 6. The van der Waals surface area contributed by atoms with Gasteiger partial charge in [0.1, 0.15) is 16.9 Å². The van der Waals surface area contributed by atoms with Crippen LogP contribution in [-0.4, -0.2) is 28.8 Å². The van der Waals surface area contributed by atoms with Gasteiger partial charge in [-0.05, 0) is 50.2 Å². The highest BCUT2D eigenvalue weighted by atomic mass is 16.1. The van der Waals surface area contributed by atoms with Crippen LogP contribution < -0.4 is 11.1 Å². The number of rotatable bonds is 3. The van der Waals surface area contributed by atoms with Gasteiger partial charge in [-0.15, -0.1) is 0 Å². The Morgan fingerprint density at radius 3 is 2.78 bits per heavy atom. The Labute approximate surface area is 135 Å². The lowest BCUT2D eigenvalue weighted by Gasteiger charge is -2.30. The number of anilines is 1. The third-order valence-electron chi connectivity index (χ3n) is 4.23.